The molecular weight excluding hydrogens is 288 g/mol. The molecule has 1 heterocycles. The van der Waals surface area contributed by atoms with Crippen molar-refractivity contribution in [3.05, 3.63) is 40.2 Å². The molecule has 7 nitrogen and oxygen atoms in total. The van der Waals surface area contributed by atoms with Crippen LogP contribution in [-0.4, -0.2) is 29.9 Å². The summed E-state index contributed by atoms with van der Waals surface area (Å²) in [4.78, 5) is 33.8. The summed E-state index contributed by atoms with van der Waals surface area (Å²) in [6.45, 7) is 3.93. The van der Waals surface area contributed by atoms with Crippen molar-refractivity contribution in [1.29, 1.82) is 0 Å². The Bertz CT molecular complexity index is 723. The van der Waals surface area contributed by atoms with Crippen molar-refractivity contribution in [2.24, 2.45) is 5.73 Å². The number of carbonyl (C=O) groups excluding carboxylic acids is 2. The second kappa shape index (κ2) is 7.94. The summed E-state index contributed by atoms with van der Waals surface area (Å²) in [6, 6.07) is 4.72. The minimum Gasteiger partial charge on any atom is -0.508 e. The first-order valence-electron chi connectivity index (χ1n) is 6.77. The maximum atomic E-state index is 11.8. The number of benzene rings is 1. The topological polar surface area (TPSA) is 123 Å². The van der Waals surface area contributed by atoms with E-state index in [1.807, 2.05) is 13.8 Å². The van der Waals surface area contributed by atoms with Gasteiger partial charge in [0, 0.05) is 18.0 Å². The summed E-state index contributed by atoms with van der Waals surface area (Å²) in [7, 11) is 0. The van der Waals surface area contributed by atoms with E-state index in [4.69, 9.17) is 10.2 Å². The van der Waals surface area contributed by atoms with Gasteiger partial charge in [0.05, 0.1) is 6.04 Å². The maximum Gasteiger partial charge on any atom is 0.349 e. The van der Waals surface area contributed by atoms with Crippen LogP contribution in [0.3, 0.4) is 0 Å². The van der Waals surface area contributed by atoms with Crippen LogP contribution in [0.2, 0.25) is 0 Å². The van der Waals surface area contributed by atoms with Crippen molar-refractivity contribution in [2.45, 2.75) is 19.9 Å². The number of carbonyl (C=O) groups is 2. The van der Waals surface area contributed by atoms with Gasteiger partial charge >= 0.3 is 5.63 Å². The quantitative estimate of drug-likeness (QED) is 0.566. The number of phenols is 1. The zero-order chi connectivity index (χ0) is 16.7. The lowest BCUT2D eigenvalue weighted by Crippen LogP contribution is -2.39. The van der Waals surface area contributed by atoms with Crippen LogP contribution in [0.25, 0.3) is 11.0 Å². The van der Waals surface area contributed by atoms with E-state index in [0.717, 1.165) is 0 Å². The molecule has 0 aliphatic carbocycles. The molecule has 0 aliphatic heterocycles. The number of nitrogens with two attached hydrogens (primary N) is 1. The molecule has 4 N–H and O–H groups in total. The fourth-order valence-corrected chi connectivity index (χ4v) is 1.61. The van der Waals surface area contributed by atoms with Crippen LogP contribution in [0.4, 0.5) is 0 Å². The van der Waals surface area contributed by atoms with E-state index in [-0.39, 0.29) is 23.4 Å². The van der Waals surface area contributed by atoms with Gasteiger partial charge in [-0.25, -0.2) is 4.79 Å². The van der Waals surface area contributed by atoms with Gasteiger partial charge in [-0.15, -0.1) is 0 Å². The molecule has 1 aromatic carbocycles. The van der Waals surface area contributed by atoms with Gasteiger partial charge in [0.25, 0.3) is 5.91 Å². The molecule has 0 saturated carbocycles. The highest BCUT2D eigenvalue weighted by Gasteiger charge is 2.14. The molecular formula is C15H18N2O5. The van der Waals surface area contributed by atoms with Crippen molar-refractivity contribution < 1.29 is 19.1 Å². The molecule has 1 aromatic heterocycles. The van der Waals surface area contributed by atoms with Crippen LogP contribution in [0.5, 0.6) is 5.75 Å². The van der Waals surface area contributed by atoms with Gasteiger partial charge in [-0.05, 0) is 18.2 Å². The molecule has 0 bridgehead atoms. The number of aromatic hydroxyl groups is 1. The highest BCUT2D eigenvalue weighted by atomic mass is 16.4. The molecule has 0 radical (unpaired) electrons. The van der Waals surface area contributed by atoms with E-state index in [9.17, 15) is 19.5 Å². The molecule has 0 aliphatic rings. The van der Waals surface area contributed by atoms with Gasteiger partial charge in [0.2, 0.25) is 0 Å². The Balaban J connectivity index is 0.00000116. The largest absolute Gasteiger partial charge is 0.508 e. The Labute approximate surface area is 126 Å². The van der Waals surface area contributed by atoms with Crippen LogP contribution < -0.4 is 16.7 Å². The number of amides is 1. The van der Waals surface area contributed by atoms with Crippen LogP contribution in [0.15, 0.2) is 33.5 Å². The third-order valence-electron chi connectivity index (χ3n) is 2.64. The molecule has 118 valence electrons. The first kappa shape index (κ1) is 17.4. The molecule has 1 unspecified atom stereocenters. The average Bonchev–Trinajstić information content (AvgIpc) is 2.53. The monoisotopic (exact) mass is 306 g/mol. The van der Waals surface area contributed by atoms with Gasteiger partial charge in [-0.1, -0.05) is 13.8 Å². The van der Waals surface area contributed by atoms with Crippen LogP contribution in [0, 0.1) is 0 Å². The lowest BCUT2D eigenvalue weighted by Gasteiger charge is -2.06. The number of nitrogens with one attached hydrogen (secondary N) is 1. The Kier molecular flexibility index (Phi) is 6.27. The van der Waals surface area contributed by atoms with Gasteiger partial charge in [0.15, 0.2) is 0 Å². The van der Waals surface area contributed by atoms with Crippen LogP contribution in [0.1, 0.15) is 24.2 Å². The van der Waals surface area contributed by atoms with Crippen molar-refractivity contribution in [3.63, 3.8) is 0 Å². The number of phenolic OH excluding ortho intramolecular Hbond substituents is 1. The predicted octanol–water partition coefficient (Wildman–Crippen LogP) is 0.781. The maximum absolute atomic E-state index is 11.8. The van der Waals surface area contributed by atoms with Gasteiger partial charge in [-0.2, -0.15) is 0 Å². The molecule has 2 aromatic rings. The zero-order valence-electron chi connectivity index (χ0n) is 12.3. The van der Waals surface area contributed by atoms with E-state index in [2.05, 4.69) is 5.32 Å². The van der Waals surface area contributed by atoms with Gasteiger partial charge in [-0.3, -0.25) is 4.79 Å². The second-order valence-electron chi connectivity index (χ2n) is 4.18. The van der Waals surface area contributed by atoms with Crippen molar-refractivity contribution >= 4 is 23.2 Å². The molecule has 1 amide bonds. The molecule has 22 heavy (non-hydrogen) atoms. The third kappa shape index (κ3) is 4.16. The Morgan fingerprint density at radius 2 is 2.09 bits per heavy atom. The third-order valence-corrected chi connectivity index (χ3v) is 2.64. The van der Waals surface area contributed by atoms with Crippen molar-refractivity contribution in [3.8, 4) is 5.75 Å². The van der Waals surface area contributed by atoms with E-state index in [1.54, 1.807) is 0 Å². The molecule has 7 heteroatoms. The standard InChI is InChI=1S/C13H12N2O5.C2H6/c14-8(6-16)5-15-12(18)10-3-7-1-2-9(17)4-11(7)20-13(10)19;1-2/h1-4,6,8,17H,5,14H2,(H,15,18);1-2H3. The fourth-order valence-electron chi connectivity index (χ4n) is 1.61. The first-order chi connectivity index (χ1) is 10.5. The minimum atomic E-state index is -0.833. The number of hydrogen-bond donors (Lipinski definition) is 3. The summed E-state index contributed by atoms with van der Waals surface area (Å²) in [5, 5.41) is 12.1. The van der Waals surface area contributed by atoms with E-state index in [1.165, 1.54) is 24.3 Å². The summed E-state index contributed by atoms with van der Waals surface area (Å²) in [6.07, 6.45) is 0.492. The van der Waals surface area contributed by atoms with Crippen molar-refractivity contribution in [1.82, 2.24) is 5.32 Å². The van der Waals surface area contributed by atoms with Crippen LogP contribution >= 0.6 is 0 Å². The Morgan fingerprint density at radius 1 is 1.41 bits per heavy atom. The number of hydrogen-bond acceptors (Lipinski definition) is 6. The van der Waals surface area contributed by atoms with E-state index in [0.29, 0.717) is 11.7 Å². The Hall–Kier alpha value is -2.67. The van der Waals surface area contributed by atoms with E-state index >= 15 is 0 Å². The summed E-state index contributed by atoms with van der Waals surface area (Å²) in [5.41, 5.74) is 4.48. The minimum absolute atomic E-state index is 0.0465. The highest BCUT2D eigenvalue weighted by Crippen LogP contribution is 2.19. The summed E-state index contributed by atoms with van der Waals surface area (Å²) >= 11 is 0. The molecule has 0 saturated heterocycles. The number of aldehydes is 1. The zero-order valence-corrected chi connectivity index (χ0v) is 12.3. The van der Waals surface area contributed by atoms with Gasteiger partial charge in [0.1, 0.15) is 23.2 Å². The summed E-state index contributed by atoms with van der Waals surface area (Å²) < 4.78 is 4.95. The number of fused-ring (bicyclic) bond motifs is 1. The van der Waals surface area contributed by atoms with E-state index < -0.39 is 17.6 Å². The smallest absolute Gasteiger partial charge is 0.349 e. The Morgan fingerprint density at radius 3 is 2.73 bits per heavy atom. The molecule has 2 rings (SSSR count). The van der Waals surface area contributed by atoms with Crippen molar-refractivity contribution in [2.75, 3.05) is 6.54 Å². The van der Waals surface area contributed by atoms with Crippen LogP contribution in [-0.2, 0) is 4.79 Å². The normalized spacial score (nSPS) is 11.2. The molecule has 0 fully saturated rings. The SMILES string of the molecule is CC.NC(C=O)CNC(=O)c1cc2ccc(O)cc2oc1=O. The highest BCUT2D eigenvalue weighted by molar-refractivity contribution is 5.96. The lowest BCUT2D eigenvalue weighted by molar-refractivity contribution is -0.108. The average molecular weight is 306 g/mol. The molecule has 0 spiro atoms. The fraction of sp³-hybridized carbons (Fsp3) is 0.267. The summed E-state index contributed by atoms with van der Waals surface area (Å²) in [5.74, 6) is -0.721. The van der Waals surface area contributed by atoms with Gasteiger partial charge < -0.3 is 25.4 Å². The lowest BCUT2D eigenvalue weighted by atomic mass is 10.1. The first-order valence-corrected chi connectivity index (χ1v) is 6.77. The molecule has 1 atom stereocenters. The number of rotatable bonds is 4. The predicted molar refractivity (Wildman–Crippen MR) is 81.9 cm³/mol. The second-order valence-corrected chi connectivity index (χ2v) is 4.18.